The molecule has 11 aliphatic rings. The number of ether oxygens (including phenoxy) is 15. The third-order valence-corrected chi connectivity index (χ3v) is 27.3. The lowest BCUT2D eigenvalue weighted by atomic mass is 9.33. The van der Waals surface area contributed by atoms with Crippen molar-refractivity contribution in [3.8, 4) is 11.5 Å². The van der Waals surface area contributed by atoms with Crippen LogP contribution >= 0.6 is 0 Å². The standard InChI is InChI=1S/C76H114O37/c1-30-58(109-63-53(91)48(86)41(28-101-63)107-65-54(92)49(87)45(83)38(25-77)104-65)52(90)57(95)64(102-30)111-61-60(110-66-55(93)50(88)46(84)39(26-78)105-66)59(108-44(82)15-11-32-10-13-36(99-8)37(22-32)100-9)31(2)103-68(61)113-70(98)75-19-18-71(3,4)23-34(75)33-12-14-42-72(5)24-35(81)62(112-67-56(94)51(89)47(85)40(27-79)106-67)74(7,69(96)97)43(72)16-17-73(42,6)76(33,29-80)21-20-75/h10-13,15,22,30-31,34-35,38-43,45-68,77-81,83-95H,14,16-21,23-29H2,1-9H3,(H,96,97)/b15-11-/t30-,31+,34-,35-,38+,39+,40+,41+,42+,43+,45-,46+,47+,48-,49-,50-,51-,52-,53+,54+,55+,56+,57+,58-,59-,60-,61+,62-,63-,64-,65-,66-,67-,68-,72+,73+,74-,75-,76-/m0/s1. The van der Waals surface area contributed by atoms with Gasteiger partial charge in [0.25, 0.3) is 0 Å². The zero-order valence-corrected chi connectivity index (χ0v) is 64.3. The van der Waals surface area contributed by atoms with Crippen LogP contribution in [-0.4, -0.2) is 353 Å². The molecule has 0 radical (unpaired) electrons. The van der Waals surface area contributed by atoms with E-state index in [0.29, 0.717) is 36.3 Å². The Morgan fingerprint density at radius 1 is 0.522 bits per heavy atom. The van der Waals surface area contributed by atoms with E-state index in [9.17, 15) is 107 Å². The van der Waals surface area contributed by atoms with Crippen molar-refractivity contribution >= 4 is 24.0 Å². The number of aliphatic hydroxyl groups is 18. The van der Waals surface area contributed by atoms with Crippen molar-refractivity contribution in [3.63, 3.8) is 0 Å². The first-order valence-corrected chi connectivity index (χ1v) is 38.7. The summed E-state index contributed by atoms with van der Waals surface area (Å²) in [7, 11) is 2.84. The van der Waals surface area contributed by atoms with E-state index in [0.717, 1.165) is 11.6 Å². The van der Waals surface area contributed by atoms with Crippen LogP contribution in [0.5, 0.6) is 11.5 Å². The Morgan fingerprint density at radius 3 is 1.62 bits per heavy atom. The number of allylic oxidation sites excluding steroid dienone is 1. The predicted octanol–water partition coefficient (Wildman–Crippen LogP) is -4.40. The summed E-state index contributed by atoms with van der Waals surface area (Å²) in [5.74, 6) is -4.50. The fourth-order valence-corrected chi connectivity index (χ4v) is 20.7. The number of aliphatic hydroxyl groups excluding tert-OH is 18. The first-order valence-electron chi connectivity index (χ1n) is 38.7. The number of esters is 2. The molecule has 37 nitrogen and oxygen atoms in total. The molecule has 6 aliphatic heterocycles. The Morgan fingerprint density at radius 2 is 1.04 bits per heavy atom. The van der Waals surface area contributed by atoms with Gasteiger partial charge in [0.1, 0.15) is 122 Å². The van der Waals surface area contributed by atoms with E-state index >= 15 is 4.79 Å². The van der Waals surface area contributed by atoms with Gasteiger partial charge in [-0.05, 0) is 136 Å². The molecule has 4 saturated carbocycles. The van der Waals surface area contributed by atoms with Gasteiger partial charge in [-0.25, -0.2) is 4.79 Å². The highest BCUT2D eigenvalue weighted by molar-refractivity contribution is 5.87. The zero-order valence-electron chi connectivity index (χ0n) is 64.3. The van der Waals surface area contributed by atoms with Crippen LogP contribution in [0.25, 0.3) is 6.08 Å². The normalized spacial score (nSPS) is 49.2. The smallest absolute Gasteiger partial charge is 0.331 e. The highest BCUT2D eigenvalue weighted by atomic mass is 16.8. The first-order chi connectivity index (χ1) is 53.3. The first kappa shape index (κ1) is 87.9. The van der Waals surface area contributed by atoms with E-state index < -0.39 is 292 Å². The van der Waals surface area contributed by atoms with Gasteiger partial charge in [-0.1, -0.05) is 45.4 Å². The highest BCUT2D eigenvalue weighted by Crippen LogP contribution is 2.76. The quantitative estimate of drug-likeness (QED) is 0.0226. The number of fused-ring (bicyclic) bond motifs is 7. The van der Waals surface area contributed by atoms with Crippen LogP contribution in [0.4, 0.5) is 0 Å². The molecule has 37 heteroatoms. The number of benzene rings is 1. The number of hydrogen-bond acceptors (Lipinski definition) is 36. The summed E-state index contributed by atoms with van der Waals surface area (Å²) in [6.45, 7) is 8.72. The summed E-state index contributed by atoms with van der Waals surface area (Å²) in [6, 6.07) is 4.75. The van der Waals surface area contributed by atoms with Gasteiger partial charge in [0.2, 0.25) is 6.29 Å². The second kappa shape index (κ2) is 34.0. The molecule has 10 fully saturated rings. The van der Waals surface area contributed by atoms with Crippen LogP contribution < -0.4 is 9.47 Å². The van der Waals surface area contributed by atoms with E-state index in [-0.39, 0.29) is 38.5 Å². The third-order valence-electron chi connectivity index (χ3n) is 27.3. The van der Waals surface area contributed by atoms with Crippen molar-refractivity contribution in [1.29, 1.82) is 0 Å². The molecule has 0 spiro atoms. The molecule has 12 rings (SSSR count). The molecule has 640 valence electrons. The molecule has 5 aliphatic carbocycles. The lowest BCUT2D eigenvalue weighted by Crippen LogP contribution is -2.71. The van der Waals surface area contributed by atoms with Crippen LogP contribution in [0.3, 0.4) is 0 Å². The van der Waals surface area contributed by atoms with Gasteiger partial charge in [-0.3, -0.25) is 9.59 Å². The lowest BCUT2D eigenvalue weighted by molar-refractivity contribution is -0.393. The number of aliphatic carboxylic acids is 1. The highest BCUT2D eigenvalue weighted by Gasteiger charge is 2.74. The average Bonchev–Trinajstić information content (AvgIpc) is 0.667. The molecule has 113 heavy (non-hydrogen) atoms. The van der Waals surface area contributed by atoms with Crippen molar-refractivity contribution in [2.24, 2.45) is 50.2 Å². The molecule has 0 amide bonds. The molecule has 6 heterocycles. The van der Waals surface area contributed by atoms with Crippen LogP contribution in [0.2, 0.25) is 0 Å². The molecule has 0 unspecified atom stereocenters. The van der Waals surface area contributed by atoms with E-state index in [2.05, 4.69) is 6.92 Å². The van der Waals surface area contributed by atoms with Gasteiger partial charge in [-0.15, -0.1) is 0 Å². The van der Waals surface area contributed by atoms with Gasteiger partial charge >= 0.3 is 17.9 Å². The molecule has 0 bridgehead atoms. The number of carbonyl (C=O) groups is 3. The van der Waals surface area contributed by atoms with Crippen molar-refractivity contribution in [2.75, 3.05) is 47.3 Å². The largest absolute Gasteiger partial charge is 0.493 e. The average molecular weight is 1620 g/mol. The van der Waals surface area contributed by atoms with Crippen molar-refractivity contribution in [3.05, 3.63) is 41.5 Å². The van der Waals surface area contributed by atoms with Crippen LogP contribution in [0.15, 0.2) is 35.9 Å². The molecule has 6 saturated heterocycles. The summed E-state index contributed by atoms with van der Waals surface area (Å²) in [4.78, 5) is 44.9. The van der Waals surface area contributed by atoms with E-state index in [1.807, 2.05) is 26.8 Å². The summed E-state index contributed by atoms with van der Waals surface area (Å²) in [5, 5.41) is 211. The molecule has 19 N–H and O–H groups in total. The summed E-state index contributed by atoms with van der Waals surface area (Å²) >= 11 is 0. The predicted molar refractivity (Wildman–Crippen MR) is 376 cm³/mol. The SMILES string of the molecule is COc1ccc(/C=C\C(=O)O[C@@H]2[C@H](O[C@@H]3O[C@H](CO)[C@@H](O)[C@H](O)[C@H]3O)[C@@H](O[C@@H]3O[C@@H](C)[C@H](O[C@@H]4OC[C@@H](O[C@@H]5O[C@H](CO)[C@H](O)[C@H](O)[C@H]5O)[C@H](O)[C@H]4O)[C@@H](O)[C@H]3O)[C@H](OC(=O)[C@]34CCC(C)(C)C[C@H]3C3=CC[C@@H]5[C@@]6(C)C[C@H](O)[C@H](O[C@@H]7O[C@H](CO)[C@@H](O)[C@H](O)[C@H]7O)[C@@](C)(C(=O)O)[C@@H]6CC[C@@]5(C)[C@]3(CO)CC4)O[C@@H]2C)cc1OC. The maximum atomic E-state index is 16.4. The molecule has 1 aromatic carbocycles. The van der Waals surface area contributed by atoms with Gasteiger partial charge in [0.05, 0.1) is 76.4 Å². The van der Waals surface area contributed by atoms with E-state index in [1.165, 1.54) is 41.1 Å². The lowest BCUT2D eigenvalue weighted by Gasteiger charge is -2.71. The van der Waals surface area contributed by atoms with Crippen LogP contribution in [0.1, 0.15) is 112 Å². The molecule has 0 aromatic heterocycles. The minimum atomic E-state index is -2.23. The molecule has 39 atom stereocenters. The Bertz CT molecular complexity index is 3530. The van der Waals surface area contributed by atoms with E-state index in [1.54, 1.807) is 18.2 Å². The van der Waals surface area contributed by atoms with Crippen molar-refractivity contribution in [2.45, 2.75) is 297 Å². The third kappa shape index (κ3) is 15.6. The summed E-state index contributed by atoms with van der Waals surface area (Å²) < 4.78 is 90.7. The van der Waals surface area contributed by atoms with Gasteiger partial charge in [0, 0.05) is 11.5 Å². The summed E-state index contributed by atoms with van der Waals surface area (Å²) in [6.07, 6.45) is -49.9. The number of carboxylic acids is 1. The topological polar surface area (TPSA) is 574 Å². The second-order valence-corrected chi connectivity index (χ2v) is 34.1. The van der Waals surface area contributed by atoms with Gasteiger partial charge in [-0.2, -0.15) is 0 Å². The van der Waals surface area contributed by atoms with E-state index in [4.69, 9.17) is 71.1 Å². The Balaban J connectivity index is 0.867. The number of carbonyl (C=O) groups excluding carboxylic acids is 2. The Kier molecular flexibility index (Phi) is 26.4. The number of hydrogen-bond donors (Lipinski definition) is 19. The molecular formula is C76H114O37. The van der Waals surface area contributed by atoms with Crippen molar-refractivity contribution in [1.82, 2.24) is 0 Å². The van der Waals surface area contributed by atoms with Gasteiger partial charge < -0.3 is 168 Å². The van der Waals surface area contributed by atoms with Crippen molar-refractivity contribution < 1.29 is 182 Å². The monoisotopic (exact) mass is 1620 g/mol. The number of rotatable bonds is 22. The van der Waals surface area contributed by atoms with Crippen LogP contribution in [0, 0.1) is 50.2 Å². The Hall–Kier alpha value is -4.45. The minimum absolute atomic E-state index is 0.0433. The second-order valence-electron chi connectivity index (χ2n) is 34.1. The summed E-state index contributed by atoms with van der Waals surface area (Å²) in [5.41, 5.74) is -5.69. The molecular weight excluding hydrogens is 1500 g/mol. The maximum absolute atomic E-state index is 16.4. The van der Waals surface area contributed by atoms with Gasteiger partial charge in [0.15, 0.2) is 55.2 Å². The zero-order chi connectivity index (χ0) is 82.4. The number of methoxy groups -OCH3 is 2. The fourth-order valence-electron chi connectivity index (χ4n) is 20.7. The van der Waals surface area contributed by atoms with Crippen LogP contribution in [-0.2, 0) is 76.0 Å². The molecule has 1 aromatic rings. The maximum Gasteiger partial charge on any atom is 0.331 e. The number of carboxylic acid groups (broad SMARTS) is 1. The minimum Gasteiger partial charge on any atom is -0.493 e. The fraction of sp³-hybridized carbons (Fsp3) is 0.829. The Labute approximate surface area is 651 Å².